The van der Waals surface area contributed by atoms with Crippen LogP contribution in [0.25, 0.3) is 0 Å². The highest BCUT2D eigenvalue weighted by Crippen LogP contribution is 2.08. The Bertz CT molecular complexity index is 473. The van der Waals surface area contributed by atoms with Gasteiger partial charge in [-0.05, 0) is 13.8 Å². The average molecular weight is 252 g/mol. The van der Waals surface area contributed by atoms with Crippen molar-refractivity contribution in [2.45, 2.75) is 19.9 Å². The van der Waals surface area contributed by atoms with Crippen LogP contribution in [-0.2, 0) is 4.79 Å². The number of hydrogen-bond acceptors (Lipinski definition) is 5. The minimum atomic E-state index is -1.07. The van der Waals surface area contributed by atoms with E-state index in [1.165, 1.54) is 11.1 Å². The summed E-state index contributed by atoms with van der Waals surface area (Å²) in [4.78, 5) is 31.7. The molecule has 0 bridgehead atoms. The van der Waals surface area contributed by atoms with Crippen molar-refractivity contribution >= 4 is 17.8 Å². The van der Waals surface area contributed by atoms with Crippen LogP contribution >= 0.6 is 0 Å². The zero-order chi connectivity index (χ0) is 13.9. The molecule has 0 aliphatic carbocycles. The third kappa shape index (κ3) is 3.16. The monoisotopic (exact) mass is 252 g/mol. The Morgan fingerprint density at radius 3 is 2.50 bits per heavy atom. The topological polar surface area (TPSA) is 95.4 Å². The minimum absolute atomic E-state index is 0.0483. The summed E-state index contributed by atoms with van der Waals surface area (Å²) < 4.78 is 0. The number of aryl methyl sites for hydroxylation is 1. The number of carboxylic acid groups (broad SMARTS) is 1. The predicted molar refractivity (Wildman–Crippen MR) is 65.5 cm³/mol. The normalized spacial score (nSPS) is 11.8. The fourth-order valence-electron chi connectivity index (χ4n) is 1.39. The molecule has 7 nitrogen and oxygen atoms in total. The van der Waals surface area contributed by atoms with Crippen molar-refractivity contribution in [3.05, 3.63) is 17.5 Å². The van der Waals surface area contributed by atoms with Crippen molar-refractivity contribution in [2.75, 3.05) is 19.4 Å². The Hall–Kier alpha value is -2.18. The molecule has 18 heavy (non-hydrogen) atoms. The maximum atomic E-state index is 11.6. The van der Waals surface area contributed by atoms with Crippen molar-refractivity contribution in [1.29, 1.82) is 0 Å². The summed E-state index contributed by atoms with van der Waals surface area (Å²) in [5.41, 5.74) is 0.400. The van der Waals surface area contributed by atoms with Gasteiger partial charge in [-0.2, -0.15) is 0 Å². The molecule has 0 aromatic carbocycles. The SMILES string of the molecule is Cc1nc(NC(C)C(=O)N(C)C)ncc1C(=O)O. The Morgan fingerprint density at radius 2 is 2.06 bits per heavy atom. The highest BCUT2D eigenvalue weighted by Gasteiger charge is 2.16. The number of anilines is 1. The molecule has 7 heteroatoms. The molecule has 0 spiro atoms. The molecule has 1 amide bonds. The fraction of sp³-hybridized carbons (Fsp3) is 0.455. The van der Waals surface area contributed by atoms with Crippen LogP contribution in [0.4, 0.5) is 5.95 Å². The molecule has 0 fully saturated rings. The lowest BCUT2D eigenvalue weighted by Crippen LogP contribution is -2.37. The molecular weight excluding hydrogens is 236 g/mol. The fourth-order valence-corrected chi connectivity index (χ4v) is 1.39. The van der Waals surface area contributed by atoms with Gasteiger partial charge in [0, 0.05) is 20.3 Å². The van der Waals surface area contributed by atoms with Crippen LogP contribution in [0.15, 0.2) is 6.20 Å². The van der Waals surface area contributed by atoms with E-state index in [1.807, 2.05) is 0 Å². The number of aromatic nitrogens is 2. The van der Waals surface area contributed by atoms with Gasteiger partial charge >= 0.3 is 5.97 Å². The van der Waals surface area contributed by atoms with E-state index in [1.54, 1.807) is 27.9 Å². The largest absolute Gasteiger partial charge is 0.478 e. The summed E-state index contributed by atoms with van der Waals surface area (Å²) in [5.74, 6) is -0.949. The Labute approximate surface area is 105 Å². The molecule has 0 saturated carbocycles. The standard InChI is InChI=1S/C11H16N4O3/c1-6-8(10(17)18)5-12-11(13-6)14-7(2)9(16)15(3)4/h5,7H,1-4H3,(H,17,18)(H,12,13,14). The summed E-state index contributed by atoms with van der Waals surface area (Å²) in [6.07, 6.45) is 1.22. The predicted octanol–water partition coefficient (Wildman–Crippen LogP) is 0.372. The number of nitrogens with one attached hydrogen (secondary N) is 1. The minimum Gasteiger partial charge on any atom is -0.478 e. The van der Waals surface area contributed by atoms with E-state index < -0.39 is 12.0 Å². The summed E-state index contributed by atoms with van der Waals surface area (Å²) >= 11 is 0. The molecule has 1 heterocycles. The van der Waals surface area contributed by atoms with Crippen LogP contribution in [-0.4, -0.2) is 52.0 Å². The zero-order valence-corrected chi connectivity index (χ0v) is 10.8. The highest BCUT2D eigenvalue weighted by atomic mass is 16.4. The van der Waals surface area contributed by atoms with E-state index in [4.69, 9.17) is 5.11 Å². The quantitative estimate of drug-likeness (QED) is 0.804. The van der Waals surface area contributed by atoms with Crippen molar-refractivity contribution in [2.24, 2.45) is 0 Å². The molecule has 0 radical (unpaired) electrons. The second-order valence-corrected chi connectivity index (χ2v) is 4.10. The van der Waals surface area contributed by atoms with E-state index in [0.29, 0.717) is 5.69 Å². The van der Waals surface area contributed by atoms with Crippen molar-refractivity contribution in [1.82, 2.24) is 14.9 Å². The number of carbonyl (C=O) groups is 2. The van der Waals surface area contributed by atoms with Crippen LogP contribution in [0.2, 0.25) is 0 Å². The lowest BCUT2D eigenvalue weighted by molar-refractivity contribution is -0.129. The van der Waals surface area contributed by atoms with Gasteiger partial charge in [0.25, 0.3) is 0 Å². The molecule has 1 aromatic rings. The smallest absolute Gasteiger partial charge is 0.339 e. The first-order valence-corrected chi connectivity index (χ1v) is 5.37. The van der Waals surface area contributed by atoms with Gasteiger partial charge in [-0.15, -0.1) is 0 Å². The summed E-state index contributed by atoms with van der Waals surface area (Å²) in [6.45, 7) is 3.26. The number of rotatable bonds is 4. The van der Waals surface area contributed by atoms with Gasteiger partial charge in [0.15, 0.2) is 0 Å². The van der Waals surface area contributed by atoms with E-state index in [2.05, 4.69) is 15.3 Å². The summed E-state index contributed by atoms with van der Waals surface area (Å²) in [6, 6.07) is -0.477. The van der Waals surface area contributed by atoms with Gasteiger partial charge in [-0.25, -0.2) is 14.8 Å². The molecule has 1 atom stereocenters. The Balaban J connectivity index is 2.84. The van der Waals surface area contributed by atoms with E-state index in [0.717, 1.165) is 0 Å². The van der Waals surface area contributed by atoms with Crippen LogP contribution in [0.1, 0.15) is 23.0 Å². The molecule has 0 aliphatic heterocycles. The maximum absolute atomic E-state index is 11.6. The van der Waals surface area contributed by atoms with Crippen molar-refractivity contribution in [3.63, 3.8) is 0 Å². The molecule has 1 rings (SSSR count). The third-order valence-corrected chi connectivity index (χ3v) is 2.37. The first-order valence-electron chi connectivity index (χ1n) is 5.37. The molecule has 0 aliphatic rings. The number of aromatic carboxylic acids is 1. The number of carboxylic acids is 1. The first-order chi connectivity index (χ1) is 8.32. The molecule has 98 valence electrons. The number of likely N-dealkylation sites (N-methyl/N-ethyl adjacent to an activating group) is 1. The molecular formula is C11H16N4O3. The second-order valence-electron chi connectivity index (χ2n) is 4.10. The van der Waals surface area contributed by atoms with Crippen LogP contribution < -0.4 is 5.32 Å². The number of carbonyl (C=O) groups excluding carboxylic acids is 1. The van der Waals surface area contributed by atoms with Crippen molar-refractivity contribution in [3.8, 4) is 0 Å². The highest BCUT2D eigenvalue weighted by molar-refractivity contribution is 5.88. The van der Waals surface area contributed by atoms with Crippen LogP contribution in [0.3, 0.4) is 0 Å². The summed E-state index contributed by atoms with van der Waals surface area (Å²) in [7, 11) is 3.31. The lowest BCUT2D eigenvalue weighted by atomic mass is 10.2. The number of nitrogens with zero attached hydrogens (tertiary/aromatic N) is 3. The molecule has 1 aromatic heterocycles. The number of amides is 1. The Kier molecular flexibility index (Phi) is 4.19. The van der Waals surface area contributed by atoms with Gasteiger partial charge in [0.05, 0.1) is 11.3 Å². The zero-order valence-electron chi connectivity index (χ0n) is 10.8. The van der Waals surface area contributed by atoms with E-state index in [9.17, 15) is 9.59 Å². The third-order valence-electron chi connectivity index (χ3n) is 2.37. The number of hydrogen-bond donors (Lipinski definition) is 2. The lowest BCUT2D eigenvalue weighted by Gasteiger charge is -2.18. The van der Waals surface area contributed by atoms with Gasteiger partial charge < -0.3 is 15.3 Å². The molecule has 1 unspecified atom stereocenters. The van der Waals surface area contributed by atoms with Gasteiger partial charge in [0.2, 0.25) is 11.9 Å². The maximum Gasteiger partial charge on any atom is 0.339 e. The van der Waals surface area contributed by atoms with Gasteiger partial charge in [-0.3, -0.25) is 4.79 Å². The second kappa shape index (κ2) is 5.44. The van der Waals surface area contributed by atoms with E-state index in [-0.39, 0.29) is 17.4 Å². The van der Waals surface area contributed by atoms with Gasteiger partial charge in [-0.1, -0.05) is 0 Å². The molecule has 0 saturated heterocycles. The Morgan fingerprint density at radius 1 is 1.44 bits per heavy atom. The van der Waals surface area contributed by atoms with E-state index >= 15 is 0 Å². The van der Waals surface area contributed by atoms with Crippen molar-refractivity contribution < 1.29 is 14.7 Å². The first kappa shape index (κ1) is 13.9. The van der Waals surface area contributed by atoms with Gasteiger partial charge in [0.1, 0.15) is 6.04 Å². The van der Waals surface area contributed by atoms with Crippen LogP contribution in [0, 0.1) is 6.92 Å². The average Bonchev–Trinajstić information content (AvgIpc) is 2.27. The molecule has 2 N–H and O–H groups in total. The summed E-state index contributed by atoms with van der Waals surface area (Å²) in [5, 5.41) is 11.7. The van der Waals surface area contributed by atoms with Crippen LogP contribution in [0.5, 0.6) is 0 Å².